The summed E-state index contributed by atoms with van der Waals surface area (Å²) >= 11 is 0. The maximum absolute atomic E-state index is 13.7. The second kappa shape index (κ2) is 12.9. The van der Waals surface area contributed by atoms with Crippen LogP contribution in [0.25, 0.3) is 0 Å². The van der Waals surface area contributed by atoms with Crippen LogP contribution in [0.15, 0.2) is 12.2 Å². The molecule has 4 amide bonds. The molecule has 12 heteroatoms. The number of rotatable bonds is 4. The molecule has 1 aliphatic carbocycles. The van der Waals surface area contributed by atoms with Gasteiger partial charge in [-0.2, -0.15) is 0 Å². The molecule has 2 heterocycles. The minimum atomic E-state index is -3.90. The van der Waals surface area contributed by atoms with E-state index in [1.54, 1.807) is 20.8 Å². The molecule has 0 aromatic rings. The monoisotopic (exact) mass is 582 g/mol. The van der Waals surface area contributed by atoms with Crippen LogP contribution in [0.4, 0.5) is 4.79 Å². The van der Waals surface area contributed by atoms with Gasteiger partial charge in [-0.15, -0.1) is 0 Å². The van der Waals surface area contributed by atoms with Crippen molar-refractivity contribution in [1.29, 1.82) is 0 Å². The van der Waals surface area contributed by atoms with Crippen LogP contribution < -0.4 is 15.4 Å². The molecular formula is C28H46N4O7S. The first-order valence-electron chi connectivity index (χ1n) is 14.5. The van der Waals surface area contributed by atoms with Crippen molar-refractivity contribution < 1.29 is 32.3 Å². The highest BCUT2D eigenvalue weighted by atomic mass is 32.2. The van der Waals surface area contributed by atoms with Gasteiger partial charge in [-0.1, -0.05) is 37.8 Å². The van der Waals surface area contributed by atoms with E-state index in [9.17, 15) is 27.6 Å². The Kier molecular flexibility index (Phi) is 10.3. The molecule has 3 N–H and O–H groups in total. The maximum atomic E-state index is 13.7. The van der Waals surface area contributed by atoms with Gasteiger partial charge in [-0.05, 0) is 73.1 Å². The Balaban J connectivity index is 1.85. The summed E-state index contributed by atoms with van der Waals surface area (Å²) in [6.45, 7) is 8.52. The van der Waals surface area contributed by atoms with Crippen molar-refractivity contribution in [3.8, 4) is 0 Å². The molecular weight excluding hydrogens is 536 g/mol. The second-order valence-electron chi connectivity index (χ2n) is 12.5. The zero-order valence-corrected chi connectivity index (χ0v) is 25.3. The lowest BCUT2D eigenvalue weighted by molar-refractivity contribution is -0.141. The number of hydrogen-bond acceptors (Lipinski definition) is 7. The Morgan fingerprint density at radius 2 is 1.75 bits per heavy atom. The predicted octanol–water partition coefficient (Wildman–Crippen LogP) is 2.90. The highest BCUT2D eigenvalue weighted by Gasteiger charge is 2.61. The number of nitrogens with one attached hydrogen (secondary N) is 3. The van der Waals surface area contributed by atoms with Crippen molar-refractivity contribution in [2.24, 2.45) is 5.92 Å². The fraction of sp³-hybridized carbons (Fsp3) is 0.786. The summed E-state index contributed by atoms with van der Waals surface area (Å²) in [6, 6.07) is -1.68. The van der Waals surface area contributed by atoms with Gasteiger partial charge in [0.05, 0.1) is 5.25 Å². The van der Waals surface area contributed by atoms with E-state index in [2.05, 4.69) is 15.4 Å². The van der Waals surface area contributed by atoms with E-state index in [0.29, 0.717) is 25.8 Å². The Bertz CT molecular complexity index is 1100. The molecule has 4 atom stereocenters. The molecule has 11 nitrogen and oxygen atoms in total. The van der Waals surface area contributed by atoms with Crippen molar-refractivity contribution in [2.75, 3.05) is 6.54 Å². The molecule has 0 aromatic heterocycles. The zero-order valence-electron chi connectivity index (χ0n) is 24.5. The first-order chi connectivity index (χ1) is 18.7. The minimum absolute atomic E-state index is 0.276. The van der Waals surface area contributed by atoms with Gasteiger partial charge in [0, 0.05) is 12.5 Å². The van der Waals surface area contributed by atoms with Gasteiger partial charge < -0.3 is 20.3 Å². The first kappa shape index (κ1) is 31.9. The molecule has 1 saturated carbocycles. The van der Waals surface area contributed by atoms with E-state index < -0.39 is 56.4 Å². The molecule has 2 aliphatic heterocycles. The second-order valence-corrected chi connectivity index (χ2v) is 14.7. The van der Waals surface area contributed by atoms with Gasteiger partial charge in [-0.25, -0.2) is 13.2 Å². The summed E-state index contributed by atoms with van der Waals surface area (Å²) in [4.78, 5) is 54.6. The number of amides is 4. The van der Waals surface area contributed by atoms with E-state index in [-0.39, 0.29) is 18.2 Å². The van der Waals surface area contributed by atoms with Crippen molar-refractivity contribution in [2.45, 2.75) is 127 Å². The van der Waals surface area contributed by atoms with Gasteiger partial charge in [-0.3, -0.25) is 19.1 Å². The largest absolute Gasteiger partial charge is 0.444 e. The highest BCUT2D eigenvalue weighted by Crippen LogP contribution is 2.45. The van der Waals surface area contributed by atoms with Crippen LogP contribution in [-0.4, -0.2) is 72.2 Å². The lowest BCUT2D eigenvalue weighted by atomic mass is 10.0. The van der Waals surface area contributed by atoms with E-state index in [4.69, 9.17) is 4.74 Å². The van der Waals surface area contributed by atoms with Crippen LogP contribution in [0.5, 0.6) is 0 Å². The number of hydrogen-bond donors (Lipinski definition) is 3. The molecule has 1 unspecified atom stereocenters. The molecule has 0 bridgehead atoms. The third-order valence-electron chi connectivity index (χ3n) is 7.68. The quantitative estimate of drug-likeness (QED) is 0.431. The number of nitrogens with zero attached hydrogens (tertiary/aromatic N) is 1. The summed E-state index contributed by atoms with van der Waals surface area (Å²) in [5, 5.41) is 4.73. The SMILES string of the molecule is CC(C)S(=O)(=O)NC(=O)[C@@]12C[C@@H]1/C=C\CCCCCCCC(NC(=O)OC(C)(C)C)C(=O)N1CCC[C@H]1C(=O)N2. The van der Waals surface area contributed by atoms with Crippen LogP contribution in [0.2, 0.25) is 0 Å². The third-order valence-corrected chi connectivity index (χ3v) is 9.39. The van der Waals surface area contributed by atoms with Crippen LogP contribution in [0.3, 0.4) is 0 Å². The number of ether oxygens (including phenoxy) is 1. The highest BCUT2D eigenvalue weighted by molar-refractivity contribution is 7.90. The molecule has 226 valence electrons. The van der Waals surface area contributed by atoms with Gasteiger partial charge >= 0.3 is 6.09 Å². The molecule has 3 aliphatic rings. The standard InChI is InChI=1S/C28H46N4O7S/c1-19(2)40(37,38)31-25(35)28-18-20(28)14-11-9-7-6-8-10-12-15-21(29-26(36)39-27(3,4)5)24(34)32-17-13-16-22(32)23(33)30-28/h11,14,19-22H,6-10,12-13,15-18H2,1-5H3,(H,29,36)(H,30,33)(H,31,35)/b14-11-/t20-,21?,22-,28+/m0/s1. The van der Waals surface area contributed by atoms with Crippen LogP contribution in [0, 0.1) is 5.92 Å². The smallest absolute Gasteiger partial charge is 0.408 e. The van der Waals surface area contributed by atoms with Crippen LogP contribution >= 0.6 is 0 Å². The molecule has 3 rings (SSSR count). The van der Waals surface area contributed by atoms with Crippen LogP contribution in [0.1, 0.15) is 98.8 Å². The number of alkyl carbamates (subject to hydrolysis) is 1. The summed E-state index contributed by atoms with van der Waals surface area (Å²) in [5.74, 6) is -1.97. The molecule has 0 aromatic carbocycles. The average molecular weight is 583 g/mol. The summed E-state index contributed by atoms with van der Waals surface area (Å²) in [6.07, 6.45) is 10.3. The molecule has 0 radical (unpaired) electrons. The van der Waals surface area contributed by atoms with Crippen LogP contribution in [-0.2, 0) is 29.1 Å². The summed E-state index contributed by atoms with van der Waals surface area (Å²) in [7, 11) is -3.90. The molecule has 1 saturated heterocycles. The molecule has 40 heavy (non-hydrogen) atoms. The Morgan fingerprint density at radius 3 is 2.42 bits per heavy atom. The zero-order chi connectivity index (χ0) is 29.7. The van der Waals surface area contributed by atoms with E-state index in [1.807, 2.05) is 12.2 Å². The number of carbonyl (C=O) groups excluding carboxylic acids is 4. The topological polar surface area (TPSA) is 151 Å². The summed E-state index contributed by atoms with van der Waals surface area (Å²) < 4.78 is 32.5. The van der Waals surface area contributed by atoms with E-state index in [1.165, 1.54) is 18.7 Å². The van der Waals surface area contributed by atoms with Crippen molar-refractivity contribution >= 4 is 33.8 Å². The number of fused-ring (bicyclic) bond motifs is 2. The first-order valence-corrected chi connectivity index (χ1v) is 16.1. The van der Waals surface area contributed by atoms with Crippen molar-refractivity contribution in [3.63, 3.8) is 0 Å². The molecule has 0 spiro atoms. The lowest BCUT2D eigenvalue weighted by Crippen LogP contribution is -2.58. The predicted molar refractivity (Wildman–Crippen MR) is 151 cm³/mol. The van der Waals surface area contributed by atoms with Gasteiger partial charge in [0.1, 0.15) is 23.2 Å². The third kappa shape index (κ3) is 8.20. The maximum Gasteiger partial charge on any atom is 0.408 e. The fourth-order valence-corrected chi connectivity index (χ4v) is 5.91. The lowest BCUT2D eigenvalue weighted by Gasteiger charge is -2.30. The normalized spacial score (nSPS) is 29.4. The number of sulfonamides is 1. The van der Waals surface area contributed by atoms with Crippen molar-refractivity contribution in [1.82, 2.24) is 20.3 Å². The van der Waals surface area contributed by atoms with E-state index in [0.717, 1.165) is 38.5 Å². The summed E-state index contributed by atoms with van der Waals surface area (Å²) in [5.41, 5.74) is -2.12. The molecule has 2 fully saturated rings. The number of allylic oxidation sites excluding steroid dienone is 1. The Morgan fingerprint density at radius 1 is 1.07 bits per heavy atom. The average Bonchev–Trinajstić information content (AvgIpc) is 3.30. The fourth-order valence-electron chi connectivity index (χ4n) is 5.24. The van der Waals surface area contributed by atoms with Gasteiger partial charge in [0.25, 0.3) is 5.91 Å². The Labute approximate surface area is 238 Å². The van der Waals surface area contributed by atoms with E-state index >= 15 is 0 Å². The van der Waals surface area contributed by atoms with Crippen molar-refractivity contribution in [3.05, 3.63) is 12.2 Å². The van der Waals surface area contributed by atoms with Gasteiger partial charge in [0.2, 0.25) is 21.8 Å². The minimum Gasteiger partial charge on any atom is -0.444 e. The Hall–Kier alpha value is -2.63. The number of carbonyl (C=O) groups is 4. The van der Waals surface area contributed by atoms with Gasteiger partial charge in [0.15, 0.2) is 0 Å².